The van der Waals surface area contributed by atoms with Gasteiger partial charge in [0.2, 0.25) is 5.13 Å². The highest BCUT2D eigenvalue weighted by Gasteiger charge is 2.17. The van der Waals surface area contributed by atoms with Gasteiger partial charge in [-0.05, 0) is 25.5 Å². The maximum Gasteiger partial charge on any atom is 0.206 e. The van der Waals surface area contributed by atoms with Gasteiger partial charge in [-0.25, -0.2) is 0 Å². The number of hydrogen-bond acceptors (Lipinski definition) is 7. The van der Waals surface area contributed by atoms with Crippen LogP contribution in [0.15, 0.2) is 40.7 Å². The number of nitrogens with zero attached hydrogens (tertiary/aromatic N) is 3. The van der Waals surface area contributed by atoms with Crippen LogP contribution in [0.25, 0.3) is 0 Å². The van der Waals surface area contributed by atoms with Crippen LogP contribution >= 0.6 is 23.1 Å². The van der Waals surface area contributed by atoms with Gasteiger partial charge >= 0.3 is 0 Å². The van der Waals surface area contributed by atoms with E-state index in [9.17, 15) is 4.79 Å². The second-order valence-corrected chi connectivity index (χ2v) is 8.55. The van der Waals surface area contributed by atoms with Gasteiger partial charge in [0.15, 0.2) is 10.1 Å². The number of carbonyl (C=O) groups is 1. The molecule has 2 heterocycles. The molecule has 0 saturated heterocycles. The first-order valence-electron chi connectivity index (χ1n) is 9.01. The van der Waals surface area contributed by atoms with Gasteiger partial charge in [0, 0.05) is 37.2 Å². The van der Waals surface area contributed by atoms with E-state index in [-0.39, 0.29) is 5.78 Å². The molecule has 0 bridgehead atoms. The largest absolute Gasteiger partial charge is 0.383 e. The number of thioether (sulfide) groups is 1. The number of hydrogen-bond donors (Lipinski definition) is 1. The van der Waals surface area contributed by atoms with Crippen LogP contribution in [0.4, 0.5) is 5.13 Å². The minimum absolute atomic E-state index is 0.107. The third-order valence-corrected chi connectivity index (χ3v) is 6.43. The molecule has 0 unspecified atom stereocenters. The molecule has 8 heteroatoms. The number of carbonyl (C=O) groups excluding carboxylic acids is 1. The van der Waals surface area contributed by atoms with Crippen LogP contribution in [0.5, 0.6) is 0 Å². The third kappa shape index (κ3) is 5.21. The summed E-state index contributed by atoms with van der Waals surface area (Å²) in [4.78, 5) is 12.7. The predicted octanol–water partition coefficient (Wildman–Crippen LogP) is 4.19. The summed E-state index contributed by atoms with van der Waals surface area (Å²) >= 11 is 2.90. The molecule has 1 N–H and O–H groups in total. The maximum absolute atomic E-state index is 12.7. The Kier molecular flexibility index (Phi) is 7.24. The number of rotatable bonds is 10. The summed E-state index contributed by atoms with van der Waals surface area (Å²) in [6.07, 6.45) is 0. The van der Waals surface area contributed by atoms with E-state index in [0.717, 1.165) is 33.0 Å². The van der Waals surface area contributed by atoms with Crippen LogP contribution in [0.2, 0.25) is 0 Å². The van der Waals surface area contributed by atoms with Crippen molar-refractivity contribution in [2.45, 2.75) is 31.3 Å². The lowest BCUT2D eigenvalue weighted by Gasteiger charge is -2.08. The van der Waals surface area contributed by atoms with Gasteiger partial charge in [-0.2, -0.15) is 0 Å². The molecule has 3 aromatic rings. The van der Waals surface area contributed by atoms with Crippen LogP contribution in [-0.4, -0.2) is 40.0 Å². The topological polar surface area (TPSA) is 69.0 Å². The first kappa shape index (κ1) is 20.6. The quantitative estimate of drug-likeness (QED) is 0.395. The smallest absolute Gasteiger partial charge is 0.206 e. The molecule has 28 heavy (non-hydrogen) atoms. The molecule has 6 nitrogen and oxygen atoms in total. The van der Waals surface area contributed by atoms with Gasteiger partial charge in [0.25, 0.3) is 0 Å². The van der Waals surface area contributed by atoms with E-state index in [1.54, 1.807) is 7.11 Å². The summed E-state index contributed by atoms with van der Waals surface area (Å²) < 4.78 is 8.06. The average molecular weight is 417 g/mol. The molecule has 3 rings (SSSR count). The standard InChI is InChI=1S/C20H24N4O2S2/c1-14-11-17(15(2)24(14)9-10-26-3)18(25)13-27-20-23-22-19(28-20)21-12-16-7-5-4-6-8-16/h4-8,11H,9-10,12-13H2,1-3H3,(H,21,22). The van der Waals surface area contributed by atoms with Crippen molar-refractivity contribution >= 4 is 34.0 Å². The number of ketones is 1. The molecule has 0 aliphatic rings. The molecular weight excluding hydrogens is 392 g/mol. The maximum atomic E-state index is 12.7. The average Bonchev–Trinajstić information content (AvgIpc) is 3.28. The number of benzene rings is 1. The molecule has 0 aliphatic heterocycles. The minimum Gasteiger partial charge on any atom is -0.383 e. The van der Waals surface area contributed by atoms with Crippen molar-refractivity contribution in [3.05, 3.63) is 58.9 Å². The fourth-order valence-corrected chi connectivity index (χ4v) is 4.56. The fourth-order valence-electron chi connectivity index (χ4n) is 2.93. The number of aromatic nitrogens is 3. The summed E-state index contributed by atoms with van der Waals surface area (Å²) in [7, 11) is 1.68. The molecule has 0 amide bonds. The predicted molar refractivity (Wildman–Crippen MR) is 115 cm³/mol. The van der Waals surface area contributed by atoms with Crippen molar-refractivity contribution in [1.82, 2.24) is 14.8 Å². The Morgan fingerprint density at radius 3 is 2.79 bits per heavy atom. The first-order valence-corrected chi connectivity index (χ1v) is 10.8. The van der Waals surface area contributed by atoms with E-state index in [1.165, 1.54) is 28.7 Å². The molecule has 0 fully saturated rings. The van der Waals surface area contributed by atoms with E-state index in [0.29, 0.717) is 18.9 Å². The van der Waals surface area contributed by atoms with E-state index in [4.69, 9.17) is 4.74 Å². The summed E-state index contributed by atoms with van der Waals surface area (Å²) in [5.74, 6) is 0.456. The summed E-state index contributed by atoms with van der Waals surface area (Å²) in [5, 5.41) is 12.4. The Balaban J connectivity index is 1.54. The van der Waals surface area contributed by atoms with Gasteiger partial charge in [-0.3, -0.25) is 4.79 Å². The second-order valence-electron chi connectivity index (χ2n) is 6.35. The number of methoxy groups -OCH3 is 1. The van der Waals surface area contributed by atoms with Crippen molar-refractivity contribution in [2.24, 2.45) is 0 Å². The normalized spacial score (nSPS) is 11.0. The van der Waals surface area contributed by atoms with Gasteiger partial charge in [0.05, 0.1) is 12.4 Å². The van der Waals surface area contributed by atoms with E-state index in [1.807, 2.05) is 38.1 Å². The Morgan fingerprint density at radius 1 is 1.25 bits per heavy atom. The van der Waals surface area contributed by atoms with Gasteiger partial charge in [0.1, 0.15) is 0 Å². The molecule has 0 spiro atoms. The van der Waals surface area contributed by atoms with Crippen LogP contribution < -0.4 is 5.32 Å². The monoisotopic (exact) mass is 416 g/mol. The van der Waals surface area contributed by atoms with Crippen molar-refractivity contribution < 1.29 is 9.53 Å². The molecular formula is C20H24N4O2S2. The number of Topliss-reactive ketones (excluding diaryl/α,β-unsaturated/α-hetero) is 1. The zero-order chi connectivity index (χ0) is 19.9. The zero-order valence-corrected chi connectivity index (χ0v) is 17.9. The van der Waals surface area contributed by atoms with Crippen molar-refractivity contribution in [3.63, 3.8) is 0 Å². The van der Waals surface area contributed by atoms with Crippen LogP contribution in [0.1, 0.15) is 27.3 Å². The molecule has 0 aliphatic carbocycles. The lowest BCUT2D eigenvalue weighted by atomic mass is 10.2. The number of ether oxygens (including phenoxy) is 1. The number of anilines is 1. The molecule has 1 aromatic carbocycles. The van der Waals surface area contributed by atoms with Gasteiger partial charge in [-0.1, -0.05) is 53.4 Å². The molecule has 2 aromatic heterocycles. The van der Waals surface area contributed by atoms with Crippen molar-refractivity contribution in [1.29, 1.82) is 0 Å². The highest BCUT2D eigenvalue weighted by atomic mass is 32.2. The highest BCUT2D eigenvalue weighted by molar-refractivity contribution is 8.01. The number of aryl methyl sites for hydroxylation is 1. The fraction of sp³-hybridized carbons (Fsp3) is 0.350. The second kappa shape index (κ2) is 9.86. The number of nitrogens with one attached hydrogen (secondary N) is 1. The van der Waals surface area contributed by atoms with E-state index < -0.39 is 0 Å². The summed E-state index contributed by atoms with van der Waals surface area (Å²) in [6.45, 7) is 6.08. The Morgan fingerprint density at radius 2 is 2.04 bits per heavy atom. The zero-order valence-electron chi connectivity index (χ0n) is 16.3. The minimum atomic E-state index is 0.107. The van der Waals surface area contributed by atoms with Crippen molar-refractivity contribution in [3.8, 4) is 0 Å². The molecule has 0 radical (unpaired) electrons. The van der Waals surface area contributed by atoms with Gasteiger partial charge in [-0.15, -0.1) is 10.2 Å². The summed E-state index contributed by atoms with van der Waals surface area (Å²) in [5.41, 5.74) is 4.02. The Bertz CT molecular complexity index is 922. The van der Waals surface area contributed by atoms with Crippen LogP contribution in [0.3, 0.4) is 0 Å². The lowest BCUT2D eigenvalue weighted by Crippen LogP contribution is -2.09. The third-order valence-electron chi connectivity index (χ3n) is 4.41. The summed E-state index contributed by atoms with van der Waals surface area (Å²) in [6, 6.07) is 12.1. The lowest BCUT2D eigenvalue weighted by molar-refractivity contribution is 0.102. The van der Waals surface area contributed by atoms with E-state index in [2.05, 4.69) is 32.2 Å². The Hall–Kier alpha value is -2.16. The van der Waals surface area contributed by atoms with Crippen LogP contribution in [0, 0.1) is 13.8 Å². The SMILES string of the molecule is COCCn1c(C)cc(C(=O)CSc2nnc(NCc3ccccc3)s2)c1C. The molecule has 148 valence electrons. The van der Waals surface area contributed by atoms with Crippen molar-refractivity contribution in [2.75, 3.05) is 24.8 Å². The van der Waals surface area contributed by atoms with Gasteiger partial charge < -0.3 is 14.6 Å². The highest BCUT2D eigenvalue weighted by Crippen LogP contribution is 2.27. The van der Waals surface area contributed by atoms with E-state index >= 15 is 0 Å². The Labute approximate surface area is 173 Å². The molecule has 0 atom stereocenters. The first-order chi connectivity index (χ1) is 13.6. The van der Waals surface area contributed by atoms with Crippen LogP contribution in [-0.2, 0) is 17.8 Å². The molecule has 0 saturated carbocycles.